The smallest absolute Gasteiger partial charge is 0.138 e. The van der Waals surface area contributed by atoms with E-state index in [-0.39, 0.29) is 0 Å². The van der Waals surface area contributed by atoms with Crippen LogP contribution in [-0.4, -0.2) is 24.9 Å². The van der Waals surface area contributed by atoms with Crippen LogP contribution in [0.5, 0.6) is 0 Å². The van der Waals surface area contributed by atoms with Crippen LogP contribution in [0.2, 0.25) is 0 Å². The Kier molecular flexibility index (Phi) is 8.28. The highest BCUT2D eigenvalue weighted by molar-refractivity contribution is 5.92. The predicted octanol–water partition coefficient (Wildman–Crippen LogP) is 7.05. The van der Waals surface area contributed by atoms with Crippen LogP contribution in [0.3, 0.4) is 0 Å². The Morgan fingerprint density at radius 1 is 1.11 bits per heavy atom. The van der Waals surface area contributed by atoms with E-state index in [0.717, 1.165) is 58.6 Å². The molecule has 4 rings (SSSR count). The van der Waals surface area contributed by atoms with Gasteiger partial charge in [-0.2, -0.15) is 0 Å². The summed E-state index contributed by atoms with van der Waals surface area (Å²) in [5.41, 5.74) is 14.8. The first-order chi connectivity index (χ1) is 18.4. The van der Waals surface area contributed by atoms with Crippen LogP contribution in [0.1, 0.15) is 44.5 Å². The number of allylic oxidation sites excluding steroid dienone is 5. The first-order valence-electron chi connectivity index (χ1n) is 12.6. The first kappa shape index (κ1) is 26.3. The number of aromatic nitrogens is 5. The minimum absolute atomic E-state index is 0.565. The van der Waals surface area contributed by atoms with Crippen molar-refractivity contribution in [1.29, 1.82) is 0 Å². The summed E-state index contributed by atoms with van der Waals surface area (Å²) in [6.07, 6.45) is 13.9. The average molecular weight is 504 g/mol. The fourth-order valence-corrected chi connectivity index (χ4v) is 3.99. The Balaban J connectivity index is 1.65. The molecule has 0 aliphatic rings. The van der Waals surface area contributed by atoms with Crippen LogP contribution in [0.4, 0.5) is 5.69 Å². The van der Waals surface area contributed by atoms with E-state index in [0.29, 0.717) is 28.3 Å². The molecular weight excluding hydrogens is 470 g/mol. The van der Waals surface area contributed by atoms with E-state index in [1.807, 2.05) is 49.4 Å². The summed E-state index contributed by atoms with van der Waals surface area (Å²) in [7, 11) is 0. The van der Waals surface area contributed by atoms with Gasteiger partial charge in [0.05, 0.1) is 23.1 Å². The van der Waals surface area contributed by atoms with Crippen molar-refractivity contribution in [3.05, 3.63) is 115 Å². The van der Waals surface area contributed by atoms with Gasteiger partial charge < -0.3 is 16.0 Å². The van der Waals surface area contributed by atoms with Gasteiger partial charge >= 0.3 is 0 Å². The van der Waals surface area contributed by atoms with E-state index in [2.05, 4.69) is 51.9 Å². The van der Waals surface area contributed by atoms with Crippen LogP contribution in [0.25, 0.3) is 33.6 Å². The van der Waals surface area contributed by atoms with Gasteiger partial charge in [-0.3, -0.25) is 15.0 Å². The van der Waals surface area contributed by atoms with Gasteiger partial charge in [0, 0.05) is 46.7 Å². The van der Waals surface area contributed by atoms with Crippen molar-refractivity contribution in [3.8, 4) is 11.4 Å². The highest BCUT2D eigenvalue weighted by Crippen LogP contribution is 2.31. The minimum Gasteiger partial charge on any atom is -0.398 e. The van der Waals surface area contributed by atoms with Crippen molar-refractivity contribution >= 4 is 27.9 Å². The molecule has 0 saturated heterocycles. The molecule has 4 aromatic heterocycles. The molecule has 4 aromatic rings. The third-order valence-corrected chi connectivity index (χ3v) is 6.12. The van der Waals surface area contributed by atoms with E-state index in [4.69, 9.17) is 10.7 Å². The maximum absolute atomic E-state index is 6.43. The lowest BCUT2D eigenvalue weighted by Crippen LogP contribution is -2.04. The van der Waals surface area contributed by atoms with Crippen molar-refractivity contribution in [1.82, 2.24) is 24.9 Å². The number of imidazole rings is 1. The number of nitrogens with one attached hydrogen (secondary N) is 2. The monoisotopic (exact) mass is 503 g/mol. The number of nitrogens with two attached hydrogens (primary N) is 1. The summed E-state index contributed by atoms with van der Waals surface area (Å²) < 4.78 is 0. The summed E-state index contributed by atoms with van der Waals surface area (Å²) in [5.74, 6) is 0.592. The molecule has 0 saturated carbocycles. The summed E-state index contributed by atoms with van der Waals surface area (Å²) >= 11 is 0. The molecule has 0 atom stereocenters. The van der Waals surface area contributed by atoms with Crippen LogP contribution in [-0.2, 0) is 0 Å². The molecule has 0 aliphatic carbocycles. The number of pyridine rings is 3. The Hall–Kier alpha value is -4.78. The van der Waals surface area contributed by atoms with Crippen molar-refractivity contribution in [2.45, 2.75) is 33.1 Å². The molecule has 0 amide bonds. The van der Waals surface area contributed by atoms with E-state index in [1.165, 1.54) is 0 Å². The van der Waals surface area contributed by atoms with Crippen LogP contribution < -0.4 is 11.1 Å². The lowest BCUT2D eigenvalue weighted by atomic mass is 9.98. The SMILES string of the molecule is C=C(CCCC)Nc1cncc(C(=C)/C=C(C(=C)c2nc3c(-c4ccccn4)nccc3[nH]2)\C(N)=C/C)c1. The fraction of sp³-hybridized carbons (Fsp3) is 0.161. The summed E-state index contributed by atoms with van der Waals surface area (Å²) in [6.45, 7) is 16.8. The second kappa shape index (κ2) is 12.0. The number of hydrogen-bond acceptors (Lipinski definition) is 6. The van der Waals surface area contributed by atoms with Gasteiger partial charge in [0.15, 0.2) is 0 Å². The van der Waals surface area contributed by atoms with Gasteiger partial charge in [-0.1, -0.05) is 45.2 Å². The van der Waals surface area contributed by atoms with Crippen LogP contribution in [0.15, 0.2) is 104 Å². The third-order valence-electron chi connectivity index (χ3n) is 6.12. The van der Waals surface area contributed by atoms with Crippen molar-refractivity contribution in [2.75, 3.05) is 5.32 Å². The molecule has 0 aliphatic heterocycles. The zero-order valence-electron chi connectivity index (χ0n) is 22.0. The van der Waals surface area contributed by atoms with Crippen molar-refractivity contribution < 1.29 is 0 Å². The highest BCUT2D eigenvalue weighted by atomic mass is 14.9. The largest absolute Gasteiger partial charge is 0.398 e. The number of nitrogens with zero attached hydrogens (tertiary/aromatic N) is 4. The van der Waals surface area contributed by atoms with Crippen molar-refractivity contribution in [3.63, 3.8) is 0 Å². The summed E-state index contributed by atoms with van der Waals surface area (Å²) in [6, 6.07) is 9.59. The molecule has 38 heavy (non-hydrogen) atoms. The maximum Gasteiger partial charge on any atom is 0.138 e. The van der Waals surface area contributed by atoms with Gasteiger partial charge in [-0.15, -0.1) is 0 Å². The summed E-state index contributed by atoms with van der Waals surface area (Å²) in [4.78, 5) is 21.5. The van der Waals surface area contributed by atoms with E-state index < -0.39 is 0 Å². The number of unbranched alkanes of at least 4 members (excludes halogenated alkanes) is 1. The standard InChI is InChI=1S/C31H33N7/c1-6-8-11-21(4)36-24-17-23(18-33-19-24)20(3)16-25(26(32)7-2)22(5)31-37-28-13-15-35-29(30(28)38-31)27-12-9-10-14-34-27/h7,9-10,12-19,36H,3-6,8,11,32H2,1-2H3,(H,37,38)/b25-16-,26-7+. The van der Waals surface area contributed by atoms with Crippen LogP contribution >= 0.6 is 0 Å². The Bertz CT molecular complexity index is 1540. The molecule has 0 radical (unpaired) electrons. The molecule has 0 spiro atoms. The Morgan fingerprint density at radius 2 is 1.95 bits per heavy atom. The Labute approximate surface area is 223 Å². The number of rotatable bonds is 11. The number of aromatic amines is 1. The lowest BCUT2D eigenvalue weighted by Gasteiger charge is -2.13. The maximum atomic E-state index is 6.43. The van der Waals surface area contributed by atoms with Gasteiger partial charge in [0.1, 0.15) is 17.0 Å². The van der Waals surface area contributed by atoms with Gasteiger partial charge in [0.2, 0.25) is 0 Å². The quantitative estimate of drug-likeness (QED) is 0.189. The number of anilines is 1. The van der Waals surface area contributed by atoms with Crippen LogP contribution in [0, 0.1) is 0 Å². The molecule has 0 unspecified atom stereocenters. The van der Waals surface area contributed by atoms with E-state index in [9.17, 15) is 0 Å². The normalized spacial score (nSPS) is 11.9. The van der Waals surface area contributed by atoms with Crippen molar-refractivity contribution in [2.24, 2.45) is 5.73 Å². The topological polar surface area (TPSA) is 105 Å². The second-order valence-corrected chi connectivity index (χ2v) is 8.96. The molecule has 0 fully saturated rings. The number of fused-ring (bicyclic) bond motifs is 1. The molecule has 4 heterocycles. The molecular formula is C31H33N7. The highest BCUT2D eigenvalue weighted by Gasteiger charge is 2.17. The molecule has 0 aromatic carbocycles. The molecule has 0 bridgehead atoms. The number of H-pyrrole nitrogens is 1. The second-order valence-electron chi connectivity index (χ2n) is 8.96. The van der Waals surface area contributed by atoms with E-state index in [1.54, 1.807) is 24.8 Å². The van der Waals surface area contributed by atoms with E-state index >= 15 is 0 Å². The molecule has 7 nitrogen and oxygen atoms in total. The average Bonchev–Trinajstić information content (AvgIpc) is 3.39. The van der Waals surface area contributed by atoms with Gasteiger partial charge in [-0.05, 0) is 55.7 Å². The minimum atomic E-state index is 0.565. The van der Waals surface area contributed by atoms with Gasteiger partial charge in [0.25, 0.3) is 0 Å². The third kappa shape index (κ3) is 5.95. The first-order valence-corrected chi connectivity index (χ1v) is 12.6. The zero-order chi connectivity index (χ0) is 27.1. The molecule has 4 N–H and O–H groups in total. The summed E-state index contributed by atoms with van der Waals surface area (Å²) in [5, 5.41) is 3.34. The lowest BCUT2D eigenvalue weighted by molar-refractivity contribution is 0.791. The fourth-order valence-electron chi connectivity index (χ4n) is 3.99. The Morgan fingerprint density at radius 3 is 2.68 bits per heavy atom. The molecule has 7 heteroatoms. The number of hydrogen-bond donors (Lipinski definition) is 3. The zero-order valence-corrected chi connectivity index (χ0v) is 22.0. The predicted molar refractivity (Wildman–Crippen MR) is 158 cm³/mol. The molecule has 192 valence electrons. The van der Waals surface area contributed by atoms with Gasteiger partial charge in [-0.25, -0.2) is 4.98 Å².